The molecule has 1 aliphatic rings. The van der Waals surface area contributed by atoms with Gasteiger partial charge in [-0.3, -0.25) is 4.99 Å². The van der Waals surface area contributed by atoms with Crippen LogP contribution in [0.15, 0.2) is 10.4 Å². The number of hydrogen-bond acceptors (Lipinski definition) is 4. The van der Waals surface area contributed by atoms with E-state index >= 15 is 0 Å². The SMILES string of the molecule is CCNC(=NCCc1nc(C(F)(F)F)cs1)N(C)CCOCC1CC1.I. The number of alkyl halides is 3. The molecule has 0 radical (unpaired) electrons. The van der Waals surface area contributed by atoms with Crippen LogP contribution < -0.4 is 5.32 Å². The van der Waals surface area contributed by atoms with Crippen LogP contribution in [0.4, 0.5) is 13.2 Å². The van der Waals surface area contributed by atoms with Crippen molar-refractivity contribution >= 4 is 41.3 Å². The van der Waals surface area contributed by atoms with Gasteiger partial charge >= 0.3 is 6.18 Å². The van der Waals surface area contributed by atoms with Gasteiger partial charge in [-0.15, -0.1) is 35.3 Å². The quantitative estimate of drug-likeness (QED) is 0.241. The molecule has 0 atom stereocenters. The van der Waals surface area contributed by atoms with Gasteiger partial charge in [-0.25, -0.2) is 4.98 Å². The Balaban J connectivity index is 0.00000338. The summed E-state index contributed by atoms with van der Waals surface area (Å²) in [6.07, 6.45) is -1.45. The fourth-order valence-electron chi connectivity index (χ4n) is 2.12. The molecule has 0 amide bonds. The fourth-order valence-corrected chi connectivity index (χ4v) is 2.92. The van der Waals surface area contributed by atoms with Crippen LogP contribution >= 0.6 is 35.3 Å². The van der Waals surface area contributed by atoms with Gasteiger partial charge in [0.25, 0.3) is 0 Å². The molecule has 1 aromatic heterocycles. The van der Waals surface area contributed by atoms with E-state index in [2.05, 4.69) is 15.3 Å². The molecule has 0 spiro atoms. The topological polar surface area (TPSA) is 49.8 Å². The van der Waals surface area contributed by atoms with Crippen LogP contribution in [0.5, 0.6) is 0 Å². The molecule has 26 heavy (non-hydrogen) atoms. The minimum Gasteiger partial charge on any atom is -0.379 e. The molecule has 2 rings (SSSR count). The summed E-state index contributed by atoms with van der Waals surface area (Å²) in [7, 11) is 1.92. The molecule has 1 saturated carbocycles. The number of aromatic nitrogens is 1. The van der Waals surface area contributed by atoms with Crippen molar-refractivity contribution < 1.29 is 17.9 Å². The zero-order valence-corrected chi connectivity index (χ0v) is 18.2. The van der Waals surface area contributed by atoms with Gasteiger partial charge in [-0.05, 0) is 25.7 Å². The van der Waals surface area contributed by atoms with Gasteiger partial charge in [-0.2, -0.15) is 13.2 Å². The second-order valence-corrected chi connectivity index (χ2v) is 6.99. The van der Waals surface area contributed by atoms with Crippen LogP contribution in [0.2, 0.25) is 0 Å². The lowest BCUT2D eigenvalue weighted by Gasteiger charge is -2.22. The molecule has 1 aromatic rings. The molecule has 0 aliphatic heterocycles. The van der Waals surface area contributed by atoms with Crippen molar-refractivity contribution in [3.05, 3.63) is 16.1 Å². The maximum Gasteiger partial charge on any atom is 0.434 e. The van der Waals surface area contributed by atoms with Gasteiger partial charge in [0.05, 0.1) is 11.6 Å². The first kappa shape index (κ1) is 23.4. The first-order chi connectivity index (χ1) is 11.9. The van der Waals surface area contributed by atoms with E-state index in [1.807, 2.05) is 18.9 Å². The molecule has 0 saturated heterocycles. The first-order valence-corrected chi connectivity index (χ1v) is 9.37. The maximum absolute atomic E-state index is 12.5. The summed E-state index contributed by atoms with van der Waals surface area (Å²) in [6, 6.07) is 0. The van der Waals surface area contributed by atoms with Gasteiger partial charge in [0.2, 0.25) is 0 Å². The molecule has 150 valence electrons. The number of guanidine groups is 1. The summed E-state index contributed by atoms with van der Waals surface area (Å²) in [4.78, 5) is 10.1. The lowest BCUT2D eigenvalue weighted by atomic mass is 10.4. The number of aliphatic imine (C=N–C) groups is 1. The van der Waals surface area contributed by atoms with Crippen molar-refractivity contribution in [2.75, 3.05) is 39.9 Å². The highest BCUT2D eigenvalue weighted by Gasteiger charge is 2.33. The highest BCUT2D eigenvalue weighted by Crippen LogP contribution is 2.30. The van der Waals surface area contributed by atoms with Crippen LogP contribution in [0.1, 0.15) is 30.5 Å². The molecule has 1 aliphatic carbocycles. The van der Waals surface area contributed by atoms with E-state index in [0.717, 1.165) is 41.7 Å². The summed E-state index contributed by atoms with van der Waals surface area (Å²) >= 11 is 1.02. The number of likely N-dealkylation sites (N-methyl/N-ethyl adjacent to an activating group) is 1. The van der Waals surface area contributed by atoms with E-state index in [4.69, 9.17) is 4.74 Å². The maximum atomic E-state index is 12.5. The molecular formula is C16H26F3IN4OS. The van der Waals surface area contributed by atoms with Crippen LogP contribution in [0.25, 0.3) is 0 Å². The summed E-state index contributed by atoms with van der Waals surface area (Å²) in [5.74, 6) is 1.47. The number of halogens is 4. The first-order valence-electron chi connectivity index (χ1n) is 8.49. The normalized spacial score (nSPS) is 14.9. The predicted octanol–water partition coefficient (Wildman–Crippen LogP) is 3.65. The summed E-state index contributed by atoms with van der Waals surface area (Å²) < 4.78 is 43.3. The lowest BCUT2D eigenvalue weighted by Crippen LogP contribution is -2.40. The third kappa shape index (κ3) is 8.38. The van der Waals surface area contributed by atoms with Crippen molar-refractivity contribution in [3.8, 4) is 0 Å². The van der Waals surface area contributed by atoms with Crippen LogP contribution in [0.3, 0.4) is 0 Å². The number of hydrogen-bond donors (Lipinski definition) is 1. The Hall–Kier alpha value is -0.620. The Morgan fingerprint density at radius 1 is 1.46 bits per heavy atom. The van der Waals surface area contributed by atoms with Crippen LogP contribution in [-0.2, 0) is 17.3 Å². The lowest BCUT2D eigenvalue weighted by molar-refractivity contribution is -0.140. The van der Waals surface area contributed by atoms with Crippen molar-refractivity contribution in [1.29, 1.82) is 0 Å². The van der Waals surface area contributed by atoms with Crippen LogP contribution in [0, 0.1) is 5.92 Å². The Morgan fingerprint density at radius 2 is 2.19 bits per heavy atom. The van der Waals surface area contributed by atoms with Crippen molar-refractivity contribution in [1.82, 2.24) is 15.2 Å². The van der Waals surface area contributed by atoms with E-state index in [-0.39, 0.29) is 24.0 Å². The minimum absolute atomic E-state index is 0. The molecule has 1 heterocycles. The number of rotatable bonds is 9. The Morgan fingerprint density at radius 3 is 2.77 bits per heavy atom. The molecular weight excluding hydrogens is 480 g/mol. The average molecular weight is 506 g/mol. The zero-order chi connectivity index (χ0) is 18.3. The van der Waals surface area contributed by atoms with E-state index in [1.54, 1.807) is 0 Å². The predicted molar refractivity (Wildman–Crippen MR) is 108 cm³/mol. The number of nitrogens with zero attached hydrogens (tertiary/aromatic N) is 3. The molecule has 10 heteroatoms. The number of nitrogens with one attached hydrogen (secondary N) is 1. The average Bonchev–Trinajstić information content (AvgIpc) is 3.24. The molecule has 1 fully saturated rings. The molecule has 5 nitrogen and oxygen atoms in total. The highest BCUT2D eigenvalue weighted by molar-refractivity contribution is 14.0. The van der Waals surface area contributed by atoms with Gasteiger partial charge in [-0.1, -0.05) is 0 Å². The molecule has 0 unspecified atom stereocenters. The highest BCUT2D eigenvalue weighted by atomic mass is 127. The van der Waals surface area contributed by atoms with Crippen molar-refractivity contribution in [3.63, 3.8) is 0 Å². The Kier molecular flexibility index (Phi) is 10.2. The summed E-state index contributed by atoms with van der Waals surface area (Å²) in [6.45, 7) is 5.27. The van der Waals surface area contributed by atoms with E-state index in [1.165, 1.54) is 12.8 Å². The molecule has 0 aromatic carbocycles. The van der Waals surface area contributed by atoms with E-state index in [0.29, 0.717) is 31.1 Å². The largest absolute Gasteiger partial charge is 0.434 e. The smallest absolute Gasteiger partial charge is 0.379 e. The second-order valence-electron chi connectivity index (χ2n) is 6.05. The van der Waals surface area contributed by atoms with Crippen molar-refractivity contribution in [2.45, 2.75) is 32.4 Å². The fraction of sp³-hybridized carbons (Fsp3) is 0.750. The number of ether oxygens (including phenoxy) is 1. The Labute approximate surface area is 173 Å². The standard InChI is InChI=1S/C16H25F3N4OS.HI/c1-3-20-15(23(2)8-9-24-10-12-4-5-12)21-7-6-14-22-13(11-25-14)16(17,18)19;/h11-12H,3-10H2,1-2H3,(H,20,21);1H. The molecule has 0 bridgehead atoms. The van der Waals surface area contributed by atoms with E-state index < -0.39 is 11.9 Å². The zero-order valence-electron chi connectivity index (χ0n) is 15.0. The third-order valence-corrected chi connectivity index (χ3v) is 4.66. The summed E-state index contributed by atoms with van der Waals surface area (Å²) in [5.41, 5.74) is -0.826. The van der Waals surface area contributed by atoms with Gasteiger partial charge in [0.15, 0.2) is 11.7 Å². The minimum atomic E-state index is -4.38. The third-order valence-electron chi connectivity index (χ3n) is 3.75. The van der Waals surface area contributed by atoms with Gasteiger partial charge < -0.3 is 15.0 Å². The van der Waals surface area contributed by atoms with E-state index in [9.17, 15) is 13.2 Å². The number of thiazole rings is 1. The second kappa shape index (κ2) is 11.3. The summed E-state index contributed by atoms with van der Waals surface area (Å²) in [5, 5.41) is 4.68. The van der Waals surface area contributed by atoms with Crippen molar-refractivity contribution in [2.24, 2.45) is 10.9 Å². The monoisotopic (exact) mass is 506 g/mol. The Bertz CT molecular complexity index is 564. The van der Waals surface area contributed by atoms with Crippen LogP contribution in [-0.4, -0.2) is 55.7 Å². The van der Waals surface area contributed by atoms with Gasteiger partial charge in [0.1, 0.15) is 0 Å². The molecule has 1 N–H and O–H groups in total. The van der Waals surface area contributed by atoms with Gasteiger partial charge in [0, 0.05) is 45.1 Å².